The lowest BCUT2D eigenvalue weighted by Gasteiger charge is -2.32. The molecule has 1 aliphatic heterocycles. The number of likely N-dealkylation sites (N-methyl/N-ethyl adjacent to an activating group) is 1. The first-order valence-electron chi connectivity index (χ1n) is 9.58. The van der Waals surface area contributed by atoms with Gasteiger partial charge in [0.25, 0.3) is 0 Å². The van der Waals surface area contributed by atoms with Gasteiger partial charge in [-0.15, -0.1) is 0 Å². The average molecular weight is 400 g/mol. The van der Waals surface area contributed by atoms with E-state index >= 15 is 0 Å². The number of hydrogen-bond donors (Lipinski definition) is 0. The van der Waals surface area contributed by atoms with Crippen molar-refractivity contribution in [1.82, 2.24) is 19.7 Å². The van der Waals surface area contributed by atoms with E-state index in [1.807, 2.05) is 11.6 Å². The maximum atomic E-state index is 12.0. The molecule has 0 bridgehead atoms. The van der Waals surface area contributed by atoms with Crippen LogP contribution >= 0.6 is 11.3 Å². The van der Waals surface area contributed by atoms with Gasteiger partial charge in [0.15, 0.2) is 10.8 Å². The second kappa shape index (κ2) is 7.89. The third-order valence-corrected chi connectivity index (χ3v) is 6.13. The van der Waals surface area contributed by atoms with Crippen molar-refractivity contribution >= 4 is 32.7 Å². The van der Waals surface area contributed by atoms with Crippen molar-refractivity contribution in [2.75, 3.05) is 44.7 Å². The molecule has 0 radical (unpaired) electrons. The molecule has 0 spiro atoms. The molecule has 148 valence electrons. The molecule has 3 heterocycles. The SMILES string of the molecule is CCOC(=O)c1cc(C)n(Cc2cccc3sc(N4CCN(C)CC4)nc23)n1. The summed E-state index contributed by atoms with van der Waals surface area (Å²) in [6.45, 7) is 8.80. The highest BCUT2D eigenvalue weighted by atomic mass is 32.1. The quantitative estimate of drug-likeness (QED) is 0.615. The van der Waals surface area contributed by atoms with E-state index in [1.54, 1.807) is 24.3 Å². The Labute approximate surface area is 168 Å². The van der Waals surface area contributed by atoms with E-state index in [0.717, 1.165) is 48.1 Å². The van der Waals surface area contributed by atoms with Gasteiger partial charge in [-0.1, -0.05) is 23.5 Å². The molecular formula is C20H25N5O2S. The van der Waals surface area contributed by atoms with Crippen LogP contribution in [0, 0.1) is 6.92 Å². The summed E-state index contributed by atoms with van der Waals surface area (Å²) in [6, 6.07) is 8.04. The van der Waals surface area contributed by atoms with Crippen molar-refractivity contribution in [3.8, 4) is 0 Å². The fourth-order valence-corrected chi connectivity index (χ4v) is 4.46. The Morgan fingerprint density at radius 3 is 2.79 bits per heavy atom. The summed E-state index contributed by atoms with van der Waals surface area (Å²) >= 11 is 1.74. The van der Waals surface area contributed by atoms with Crippen LogP contribution in [-0.4, -0.2) is 65.5 Å². The third-order valence-electron chi connectivity index (χ3n) is 5.05. The van der Waals surface area contributed by atoms with Gasteiger partial charge in [0.05, 0.1) is 23.4 Å². The molecular weight excluding hydrogens is 374 g/mol. The lowest BCUT2D eigenvalue weighted by Crippen LogP contribution is -2.44. The summed E-state index contributed by atoms with van der Waals surface area (Å²) in [4.78, 5) is 21.6. The van der Waals surface area contributed by atoms with Crippen LogP contribution < -0.4 is 4.90 Å². The fraction of sp³-hybridized carbons (Fsp3) is 0.450. The molecule has 4 rings (SSSR count). The van der Waals surface area contributed by atoms with Crippen LogP contribution in [0.25, 0.3) is 10.2 Å². The number of ether oxygens (including phenoxy) is 1. The molecule has 1 aliphatic rings. The lowest BCUT2D eigenvalue weighted by molar-refractivity contribution is 0.0518. The van der Waals surface area contributed by atoms with E-state index < -0.39 is 0 Å². The van der Waals surface area contributed by atoms with Gasteiger partial charge in [-0.25, -0.2) is 9.78 Å². The molecule has 7 nitrogen and oxygen atoms in total. The van der Waals surface area contributed by atoms with Gasteiger partial charge in [0, 0.05) is 37.4 Å². The molecule has 1 aromatic carbocycles. The molecule has 0 unspecified atom stereocenters. The van der Waals surface area contributed by atoms with Crippen molar-refractivity contribution in [3.05, 3.63) is 41.2 Å². The summed E-state index contributed by atoms with van der Waals surface area (Å²) in [5.41, 5.74) is 3.40. The summed E-state index contributed by atoms with van der Waals surface area (Å²) in [5.74, 6) is -0.381. The summed E-state index contributed by atoms with van der Waals surface area (Å²) in [5, 5.41) is 5.52. The number of esters is 1. The minimum atomic E-state index is -0.381. The van der Waals surface area contributed by atoms with E-state index in [0.29, 0.717) is 18.8 Å². The van der Waals surface area contributed by atoms with Gasteiger partial charge in [0.1, 0.15) is 0 Å². The Morgan fingerprint density at radius 1 is 1.25 bits per heavy atom. The van der Waals surface area contributed by atoms with Crippen molar-refractivity contribution in [2.45, 2.75) is 20.4 Å². The Bertz CT molecular complexity index is 988. The van der Waals surface area contributed by atoms with Gasteiger partial charge in [-0.2, -0.15) is 5.10 Å². The van der Waals surface area contributed by atoms with Crippen molar-refractivity contribution in [3.63, 3.8) is 0 Å². The van der Waals surface area contributed by atoms with Crippen LogP contribution in [0.5, 0.6) is 0 Å². The largest absolute Gasteiger partial charge is 0.461 e. The summed E-state index contributed by atoms with van der Waals surface area (Å²) in [6.07, 6.45) is 0. The van der Waals surface area contributed by atoms with Gasteiger partial charge < -0.3 is 14.5 Å². The van der Waals surface area contributed by atoms with Crippen molar-refractivity contribution in [2.24, 2.45) is 0 Å². The van der Waals surface area contributed by atoms with Crippen molar-refractivity contribution in [1.29, 1.82) is 0 Å². The molecule has 0 saturated carbocycles. The first kappa shape index (κ1) is 18.9. The lowest BCUT2D eigenvalue weighted by atomic mass is 10.2. The minimum absolute atomic E-state index is 0.345. The average Bonchev–Trinajstić information content (AvgIpc) is 3.27. The highest BCUT2D eigenvalue weighted by Crippen LogP contribution is 2.31. The first-order valence-corrected chi connectivity index (χ1v) is 10.4. The van der Waals surface area contributed by atoms with E-state index in [4.69, 9.17) is 9.72 Å². The molecule has 0 N–H and O–H groups in total. The van der Waals surface area contributed by atoms with Crippen LogP contribution in [-0.2, 0) is 11.3 Å². The highest BCUT2D eigenvalue weighted by molar-refractivity contribution is 7.22. The fourth-order valence-electron chi connectivity index (χ4n) is 3.39. The normalized spacial score (nSPS) is 15.3. The van der Waals surface area contributed by atoms with E-state index in [1.165, 1.54) is 4.70 Å². The van der Waals surface area contributed by atoms with E-state index in [-0.39, 0.29) is 5.97 Å². The monoisotopic (exact) mass is 399 g/mol. The summed E-state index contributed by atoms with van der Waals surface area (Å²) in [7, 11) is 2.16. The second-order valence-corrected chi connectivity index (χ2v) is 8.11. The maximum absolute atomic E-state index is 12.0. The minimum Gasteiger partial charge on any atom is -0.461 e. The number of thiazole rings is 1. The Morgan fingerprint density at radius 2 is 2.04 bits per heavy atom. The van der Waals surface area contributed by atoms with Gasteiger partial charge in [-0.3, -0.25) is 4.68 Å². The number of piperazine rings is 1. The second-order valence-electron chi connectivity index (χ2n) is 7.10. The number of carbonyl (C=O) groups excluding carboxylic acids is 1. The van der Waals surface area contributed by atoms with Crippen LogP contribution in [0.1, 0.15) is 28.7 Å². The number of fused-ring (bicyclic) bond motifs is 1. The Balaban J connectivity index is 1.60. The number of nitrogens with zero attached hydrogens (tertiary/aromatic N) is 5. The first-order chi connectivity index (χ1) is 13.5. The molecule has 0 aliphatic carbocycles. The molecule has 1 saturated heterocycles. The standard InChI is InChI=1S/C20H25N5O2S/c1-4-27-19(26)16-12-14(2)25(22-16)13-15-6-5-7-17-18(15)21-20(28-17)24-10-8-23(3)9-11-24/h5-7,12H,4,8-11,13H2,1-3H3. The zero-order chi connectivity index (χ0) is 19.7. The maximum Gasteiger partial charge on any atom is 0.358 e. The molecule has 28 heavy (non-hydrogen) atoms. The number of benzene rings is 1. The predicted molar refractivity (Wildman–Crippen MR) is 111 cm³/mol. The zero-order valence-electron chi connectivity index (χ0n) is 16.5. The summed E-state index contributed by atoms with van der Waals surface area (Å²) < 4.78 is 8.09. The number of aryl methyl sites for hydroxylation is 1. The van der Waals surface area contributed by atoms with E-state index in [9.17, 15) is 4.79 Å². The van der Waals surface area contributed by atoms with Crippen LogP contribution in [0.3, 0.4) is 0 Å². The van der Waals surface area contributed by atoms with Crippen LogP contribution in [0.15, 0.2) is 24.3 Å². The Hall–Kier alpha value is -2.45. The number of aromatic nitrogens is 3. The molecule has 0 amide bonds. The third kappa shape index (κ3) is 3.74. The van der Waals surface area contributed by atoms with Crippen LogP contribution in [0.2, 0.25) is 0 Å². The molecule has 0 atom stereocenters. The van der Waals surface area contributed by atoms with Crippen LogP contribution in [0.4, 0.5) is 5.13 Å². The number of carbonyl (C=O) groups is 1. The van der Waals surface area contributed by atoms with Gasteiger partial charge >= 0.3 is 5.97 Å². The highest BCUT2D eigenvalue weighted by Gasteiger charge is 2.19. The van der Waals surface area contributed by atoms with Crippen molar-refractivity contribution < 1.29 is 9.53 Å². The molecule has 8 heteroatoms. The number of para-hydroxylation sites is 1. The van der Waals surface area contributed by atoms with Gasteiger partial charge in [-0.05, 0) is 33.0 Å². The van der Waals surface area contributed by atoms with Gasteiger partial charge in [0.2, 0.25) is 0 Å². The molecule has 2 aromatic heterocycles. The number of hydrogen-bond acceptors (Lipinski definition) is 7. The van der Waals surface area contributed by atoms with E-state index in [2.05, 4.69) is 40.1 Å². The molecule has 1 fully saturated rings. The smallest absolute Gasteiger partial charge is 0.358 e. The topological polar surface area (TPSA) is 63.5 Å². The Kier molecular flexibility index (Phi) is 5.32. The zero-order valence-corrected chi connectivity index (χ0v) is 17.3. The predicted octanol–water partition coefficient (Wildman–Crippen LogP) is 2.78. The molecule has 3 aromatic rings. The number of rotatable bonds is 5. The number of anilines is 1.